The zero-order chi connectivity index (χ0) is 10.4. The van der Waals surface area contributed by atoms with Gasteiger partial charge >= 0.3 is 0 Å². The topological polar surface area (TPSA) is 55.1 Å². The fourth-order valence-electron chi connectivity index (χ4n) is 0.995. The number of nitrogens with two attached hydrogens (primary N) is 1. The quantitative estimate of drug-likeness (QED) is 0.538. The average molecular weight is 188 g/mol. The minimum Gasteiger partial charge on any atom is -0.399 e. The summed E-state index contributed by atoms with van der Waals surface area (Å²) in [5.41, 5.74) is 6.68. The standard InChI is InChI=1S/C11H12N2O/c1-2-3-7-13-11(14)9-5-4-6-10(12)8-9/h4-6,8H,7,12H2,1H3,(H,13,14). The minimum absolute atomic E-state index is 0.153. The van der Waals surface area contributed by atoms with Crippen LogP contribution in [-0.4, -0.2) is 12.5 Å². The van der Waals surface area contributed by atoms with E-state index in [1.165, 1.54) is 0 Å². The lowest BCUT2D eigenvalue weighted by atomic mass is 10.2. The van der Waals surface area contributed by atoms with Crippen molar-refractivity contribution in [3.8, 4) is 11.8 Å². The predicted molar refractivity (Wildman–Crippen MR) is 56.6 cm³/mol. The first-order chi connectivity index (χ1) is 6.74. The van der Waals surface area contributed by atoms with Gasteiger partial charge in [0.05, 0.1) is 6.54 Å². The zero-order valence-electron chi connectivity index (χ0n) is 8.00. The van der Waals surface area contributed by atoms with E-state index in [4.69, 9.17) is 5.73 Å². The van der Waals surface area contributed by atoms with Crippen molar-refractivity contribution in [1.29, 1.82) is 0 Å². The van der Waals surface area contributed by atoms with Gasteiger partial charge in [-0.1, -0.05) is 12.0 Å². The number of amides is 1. The Labute approximate surface area is 83.3 Å². The zero-order valence-corrected chi connectivity index (χ0v) is 8.00. The van der Waals surface area contributed by atoms with Gasteiger partial charge < -0.3 is 11.1 Å². The predicted octanol–water partition coefficient (Wildman–Crippen LogP) is 1.02. The molecule has 0 fully saturated rings. The van der Waals surface area contributed by atoms with Crippen LogP contribution in [0.1, 0.15) is 17.3 Å². The highest BCUT2D eigenvalue weighted by atomic mass is 16.1. The highest BCUT2D eigenvalue weighted by Crippen LogP contribution is 2.05. The molecule has 0 aromatic heterocycles. The molecule has 3 heteroatoms. The molecule has 3 N–H and O–H groups in total. The van der Waals surface area contributed by atoms with Crippen molar-refractivity contribution in [1.82, 2.24) is 5.32 Å². The Balaban J connectivity index is 2.63. The molecule has 0 heterocycles. The summed E-state index contributed by atoms with van der Waals surface area (Å²) >= 11 is 0. The molecule has 0 aliphatic rings. The highest BCUT2D eigenvalue weighted by molar-refractivity contribution is 5.95. The van der Waals surface area contributed by atoms with Crippen LogP contribution in [0, 0.1) is 11.8 Å². The fourth-order valence-corrected chi connectivity index (χ4v) is 0.995. The van der Waals surface area contributed by atoms with Crippen LogP contribution in [0.25, 0.3) is 0 Å². The van der Waals surface area contributed by atoms with Crippen LogP contribution in [0.3, 0.4) is 0 Å². The Morgan fingerprint density at radius 2 is 2.36 bits per heavy atom. The van der Waals surface area contributed by atoms with Gasteiger partial charge in [-0.2, -0.15) is 0 Å². The lowest BCUT2D eigenvalue weighted by Crippen LogP contribution is -2.23. The first kappa shape index (κ1) is 10.1. The summed E-state index contributed by atoms with van der Waals surface area (Å²) in [5, 5.41) is 2.66. The molecule has 1 amide bonds. The number of anilines is 1. The number of nitrogen functional groups attached to an aromatic ring is 1. The van der Waals surface area contributed by atoms with Gasteiger partial charge in [-0.15, -0.1) is 5.92 Å². The van der Waals surface area contributed by atoms with Crippen LogP contribution in [0.4, 0.5) is 5.69 Å². The van der Waals surface area contributed by atoms with Crippen molar-refractivity contribution >= 4 is 11.6 Å². The smallest absolute Gasteiger partial charge is 0.252 e. The van der Waals surface area contributed by atoms with Crippen LogP contribution in [0.2, 0.25) is 0 Å². The van der Waals surface area contributed by atoms with Gasteiger partial charge in [0.2, 0.25) is 0 Å². The first-order valence-corrected chi connectivity index (χ1v) is 4.27. The van der Waals surface area contributed by atoms with Crippen LogP contribution in [-0.2, 0) is 0 Å². The molecule has 0 saturated heterocycles. The summed E-state index contributed by atoms with van der Waals surface area (Å²) in [4.78, 5) is 11.4. The van der Waals surface area contributed by atoms with E-state index >= 15 is 0 Å². The van der Waals surface area contributed by atoms with Gasteiger partial charge in [-0.3, -0.25) is 4.79 Å². The Bertz CT molecular complexity index is 388. The summed E-state index contributed by atoms with van der Waals surface area (Å²) < 4.78 is 0. The number of carbonyl (C=O) groups is 1. The lowest BCUT2D eigenvalue weighted by Gasteiger charge is -2.01. The first-order valence-electron chi connectivity index (χ1n) is 4.27. The average Bonchev–Trinajstić information content (AvgIpc) is 2.18. The Kier molecular flexibility index (Phi) is 3.57. The van der Waals surface area contributed by atoms with Crippen LogP contribution >= 0.6 is 0 Å². The van der Waals surface area contributed by atoms with Gasteiger partial charge in [0, 0.05) is 11.3 Å². The van der Waals surface area contributed by atoms with Crippen molar-refractivity contribution < 1.29 is 4.79 Å². The van der Waals surface area contributed by atoms with Crippen LogP contribution in [0.5, 0.6) is 0 Å². The maximum atomic E-state index is 11.4. The molecule has 0 aliphatic heterocycles. The van der Waals surface area contributed by atoms with E-state index in [-0.39, 0.29) is 5.91 Å². The third-order valence-corrected chi connectivity index (χ3v) is 1.66. The van der Waals surface area contributed by atoms with Crippen molar-refractivity contribution in [2.45, 2.75) is 6.92 Å². The second-order valence-corrected chi connectivity index (χ2v) is 2.73. The van der Waals surface area contributed by atoms with Crippen molar-refractivity contribution in [3.63, 3.8) is 0 Å². The van der Waals surface area contributed by atoms with E-state index in [1.54, 1.807) is 31.2 Å². The number of hydrogen-bond donors (Lipinski definition) is 2. The van der Waals surface area contributed by atoms with Gasteiger partial charge in [0.15, 0.2) is 0 Å². The lowest BCUT2D eigenvalue weighted by molar-refractivity contribution is 0.0959. The fraction of sp³-hybridized carbons (Fsp3) is 0.182. The third kappa shape index (κ3) is 2.83. The number of rotatable bonds is 2. The van der Waals surface area contributed by atoms with E-state index in [2.05, 4.69) is 17.2 Å². The van der Waals surface area contributed by atoms with Gasteiger partial charge in [-0.25, -0.2) is 0 Å². The number of nitrogens with one attached hydrogen (secondary N) is 1. The van der Waals surface area contributed by atoms with Crippen molar-refractivity contribution in [2.75, 3.05) is 12.3 Å². The maximum Gasteiger partial charge on any atom is 0.252 e. The van der Waals surface area contributed by atoms with Crippen LogP contribution in [0.15, 0.2) is 24.3 Å². The summed E-state index contributed by atoms with van der Waals surface area (Å²) in [6, 6.07) is 6.83. The normalized spacial score (nSPS) is 8.64. The molecule has 0 radical (unpaired) electrons. The van der Waals surface area contributed by atoms with Gasteiger partial charge in [0.25, 0.3) is 5.91 Å². The van der Waals surface area contributed by atoms with E-state index in [0.717, 1.165) is 0 Å². The molecule has 1 aromatic carbocycles. The van der Waals surface area contributed by atoms with E-state index in [1.807, 2.05) is 0 Å². The molecule has 1 aromatic rings. The molecule has 72 valence electrons. The molecule has 1 rings (SSSR count). The number of carbonyl (C=O) groups excluding carboxylic acids is 1. The van der Waals surface area contributed by atoms with Crippen molar-refractivity contribution in [2.24, 2.45) is 0 Å². The molecule has 0 aliphatic carbocycles. The summed E-state index contributed by atoms with van der Waals surface area (Å²) in [6.45, 7) is 2.09. The summed E-state index contributed by atoms with van der Waals surface area (Å²) in [6.07, 6.45) is 0. The Morgan fingerprint density at radius 1 is 1.57 bits per heavy atom. The Hall–Kier alpha value is -1.95. The molecular weight excluding hydrogens is 176 g/mol. The molecule has 14 heavy (non-hydrogen) atoms. The molecular formula is C11H12N2O. The second-order valence-electron chi connectivity index (χ2n) is 2.73. The maximum absolute atomic E-state index is 11.4. The molecule has 0 spiro atoms. The SMILES string of the molecule is CC#CCNC(=O)c1cccc(N)c1. The number of hydrogen-bond acceptors (Lipinski definition) is 2. The van der Waals surface area contributed by atoms with Crippen molar-refractivity contribution in [3.05, 3.63) is 29.8 Å². The highest BCUT2D eigenvalue weighted by Gasteiger charge is 2.02. The molecule has 0 bridgehead atoms. The minimum atomic E-state index is -0.153. The molecule has 0 saturated carbocycles. The second kappa shape index (κ2) is 4.93. The monoisotopic (exact) mass is 188 g/mol. The van der Waals surface area contributed by atoms with E-state index < -0.39 is 0 Å². The number of benzene rings is 1. The molecule has 3 nitrogen and oxygen atoms in total. The summed E-state index contributed by atoms with van der Waals surface area (Å²) in [7, 11) is 0. The van der Waals surface area contributed by atoms with E-state index in [9.17, 15) is 4.79 Å². The van der Waals surface area contributed by atoms with Gasteiger partial charge in [0.1, 0.15) is 0 Å². The van der Waals surface area contributed by atoms with Crippen LogP contribution < -0.4 is 11.1 Å². The molecule has 0 atom stereocenters. The largest absolute Gasteiger partial charge is 0.399 e. The van der Waals surface area contributed by atoms with E-state index in [0.29, 0.717) is 17.8 Å². The Morgan fingerprint density at radius 3 is 3.00 bits per heavy atom. The summed E-state index contributed by atoms with van der Waals surface area (Å²) in [5.74, 6) is 5.29. The third-order valence-electron chi connectivity index (χ3n) is 1.66. The molecule has 0 unspecified atom stereocenters. The van der Waals surface area contributed by atoms with Gasteiger partial charge in [-0.05, 0) is 25.1 Å².